The van der Waals surface area contributed by atoms with E-state index in [-0.39, 0.29) is 23.7 Å². The molecule has 0 heterocycles. The second-order valence-electron chi connectivity index (χ2n) is 2.16. The highest BCUT2D eigenvalue weighted by atomic mass is 32.1. The number of aliphatic hydroxyl groups excluding tert-OH is 2. The third kappa shape index (κ3) is 4.44. The van der Waals surface area contributed by atoms with E-state index in [2.05, 4.69) is 25.3 Å². The van der Waals surface area contributed by atoms with E-state index in [0.717, 1.165) is 0 Å². The first-order valence-electron chi connectivity index (χ1n) is 3.30. The Bertz CT molecular complexity index is 70.1. The lowest BCUT2D eigenvalue weighted by molar-refractivity contribution is 0.270. The van der Waals surface area contributed by atoms with Gasteiger partial charge < -0.3 is 10.2 Å². The molecule has 0 spiro atoms. The molecule has 0 saturated heterocycles. The lowest BCUT2D eigenvalue weighted by atomic mass is 10.2. The Hall–Kier alpha value is 0.620. The molecule has 0 aromatic heterocycles. The Kier molecular flexibility index (Phi) is 6.73. The molecule has 10 heavy (non-hydrogen) atoms. The van der Waals surface area contributed by atoms with E-state index in [0.29, 0.717) is 12.8 Å². The number of aliphatic hydroxyl groups is 2. The number of rotatable bonds is 5. The van der Waals surface area contributed by atoms with E-state index in [1.165, 1.54) is 0 Å². The first kappa shape index (κ1) is 10.6. The standard InChI is InChI=1S/C6H14O2S2/c7-3-1-5(9)6(10)2-4-8/h5-10H,1-4H2. The van der Waals surface area contributed by atoms with Crippen LogP contribution in [0.25, 0.3) is 0 Å². The lowest BCUT2D eigenvalue weighted by Gasteiger charge is -2.15. The molecule has 4 heteroatoms. The van der Waals surface area contributed by atoms with Gasteiger partial charge in [-0.1, -0.05) is 0 Å². The zero-order valence-electron chi connectivity index (χ0n) is 5.77. The van der Waals surface area contributed by atoms with E-state index in [4.69, 9.17) is 10.2 Å². The summed E-state index contributed by atoms with van der Waals surface area (Å²) in [6.45, 7) is 0.271. The summed E-state index contributed by atoms with van der Waals surface area (Å²) in [6.07, 6.45) is 1.27. The van der Waals surface area contributed by atoms with Crippen molar-refractivity contribution in [1.29, 1.82) is 0 Å². The average molecular weight is 182 g/mol. The van der Waals surface area contributed by atoms with Crippen molar-refractivity contribution < 1.29 is 10.2 Å². The number of hydrogen-bond acceptors (Lipinski definition) is 4. The molecule has 0 bridgehead atoms. The summed E-state index contributed by atoms with van der Waals surface area (Å²) < 4.78 is 0. The van der Waals surface area contributed by atoms with Crippen LogP contribution in [0.4, 0.5) is 0 Å². The molecule has 2 N–H and O–H groups in total. The highest BCUT2D eigenvalue weighted by Crippen LogP contribution is 2.15. The molecular weight excluding hydrogens is 168 g/mol. The first-order valence-corrected chi connectivity index (χ1v) is 4.33. The van der Waals surface area contributed by atoms with Crippen LogP contribution >= 0.6 is 25.3 Å². The maximum absolute atomic E-state index is 8.51. The van der Waals surface area contributed by atoms with E-state index < -0.39 is 0 Å². The van der Waals surface area contributed by atoms with Gasteiger partial charge in [0, 0.05) is 23.7 Å². The Morgan fingerprint density at radius 2 is 1.20 bits per heavy atom. The van der Waals surface area contributed by atoms with Gasteiger partial charge in [-0.05, 0) is 12.8 Å². The molecule has 0 saturated carbocycles. The largest absolute Gasteiger partial charge is 0.396 e. The van der Waals surface area contributed by atoms with E-state index >= 15 is 0 Å². The first-order chi connectivity index (χ1) is 4.72. The van der Waals surface area contributed by atoms with Crippen LogP contribution in [-0.4, -0.2) is 33.9 Å². The highest BCUT2D eigenvalue weighted by molar-refractivity contribution is 7.85. The van der Waals surface area contributed by atoms with Crippen molar-refractivity contribution in [3.63, 3.8) is 0 Å². The van der Waals surface area contributed by atoms with Crippen LogP contribution in [0.1, 0.15) is 12.8 Å². The molecule has 0 aliphatic carbocycles. The van der Waals surface area contributed by atoms with Crippen LogP contribution in [0.2, 0.25) is 0 Å². The molecule has 0 radical (unpaired) electrons. The molecule has 0 aliphatic rings. The summed E-state index contributed by atoms with van der Waals surface area (Å²) >= 11 is 8.38. The monoisotopic (exact) mass is 182 g/mol. The van der Waals surface area contributed by atoms with Crippen molar-refractivity contribution in [3.8, 4) is 0 Å². The van der Waals surface area contributed by atoms with Crippen LogP contribution in [0.5, 0.6) is 0 Å². The van der Waals surface area contributed by atoms with Gasteiger partial charge in [0.2, 0.25) is 0 Å². The molecule has 0 fully saturated rings. The summed E-state index contributed by atoms with van der Waals surface area (Å²) in [4.78, 5) is 0. The summed E-state index contributed by atoms with van der Waals surface area (Å²) in [7, 11) is 0. The number of hydrogen-bond donors (Lipinski definition) is 4. The summed E-state index contributed by atoms with van der Waals surface area (Å²) in [5.41, 5.74) is 0. The SMILES string of the molecule is OCCC(S)C(S)CCO. The summed E-state index contributed by atoms with van der Waals surface area (Å²) in [5, 5.41) is 17.2. The van der Waals surface area contributed by atoms with Gasteiger partial charge in [-0.25, -0.2) is 0 Å². The molecule has 0 rings (SSSR count). The highest BCUT2D eigenvalue weighted by Gasteiger charge is 2.11. The molecule has 0 aromatic rings. The van der Waals surface area contributed by atoms with Gasteiger partial charge in [0.05, 0.1) is 0 Å². The van der Waals surface area contributed by atoms with Crippen LogP contribution in [-0.2, 0) is 0 Å². The van der Waals surface area contributed by atoms with E-state index in [9.17, 15) is 0 Å². The van der Waals surface area contributed by atoms with Gasteiger partial charge in [0.1, 0.15) is 0 Å². The zero-order chi connectivity index (χ0) is 7.98. The molecule has 0 aliphatic heterocycles. The Labute approximate surface area is 72.5 Å². The molecular formula is C6H14O2S2. The zero-order valence-corrected chi connectivity index (χ0v) is 7.56. The van der Waals surface area contributed by atoms with Gasteiger partial charge in [0.25, 0.3) is 0 Å². The van der Waals surface area contributed by atoms with E-state index in [1.807, 2.05) is 0 Å². The third-order valence-electron chi connectivity index (χ3n) is 1.29. The predicted molar refractivity (Wildman–Crippen MR) is 49.0 cm³/mol. The smallest absolute Gasteiger partial charge is 0.0441 e. The third-order valence-corrected chi connectivity index (χ3v) is 2.77. The van der Waals surface area contributed by atoms with Gasteiger partial charge in [-0.3, -0.25) is 0 Å². The predicted octanol–water partition coefficient (Wildman–Crippen LogP) is 0.348. The minimum absolute atomic E-state index is 0.0838. The lowest BCUT2D eigenvalue weighted by Crippen LogP contribution is -2.17. The van der Waals surface area contributed by atoms with Crippen LogP contribution in [0.3, 0.4) is 0 Å². The van der Waals surface area contributed by atoms with Crippen molar-refractivity contribution >= 4 is 25.3 Å². The Morgan fingerprint density at radius 1 is 0.900 bits per heavy atom. The fourth-order valence-electron chi connectivity index (χ4n) is 0.649. The van der Waals surface area contributed by atoms with Crippen molar-refractivity contribution in [1.82, 2.24) is 0 Å². The topological polar surface area (TPSA) is 40.5 Å². The summed E-state index contributed by atoms with van der Waals surface area (Å²) in [5.74, 6) is 0. The molecule has 62 valence electrons. The minimum atomic E-state index is 0.0838. The minimum Gasteiger partial charge on any atom is -0.396 e. The van der Waals surface area contributed by atoms with Gasteiger partial charge in [-0.2, -0.15) is 25.3 Å². The number of thiol groups is 2. The fourth-order valence-corrected chi connectivity index (χ4v) is 1.18. The van der Waals surface area contributed by atoms with Crippen molar-refractivity contribution in [2.75, 3.05) is 13.2 Å². The molecule has 0 aromatic carbocycles. The maximum Gasteiger partial charge on any atom is 0.0441 e. The quantitative estimate of drug-likeness (QED) is 0.463. The van der Waals surface area contributed by atoms with Crippen LogP contribution in [0, 0.1) is 0 Å². The molecule has 0 amide bonds. The second-order valence-corrected chi connectivity index (χ2v) is 3.49. The fraction of sp³-hybridized carbons (Fsp3) is 1.00. The van der Waals surface area contributed by atoms with Gasteiger partial charge in [0.15, 0.2) is 0 Å². The van der Waals surface area contributed by atoms with Gasteiger partial charge in [-0.15, -0.1) is 0 Å². The molecule has 2 unspecified atom stereocenters. The summed E-state index contributed by atoms with van der Waals surface area (Å²) in [6, 6.07) is 0. The Balaban J connectivity index is 3.38. The van der Waals surface area contributed by atoms with Crippen molar-refractivity contribution in [2.45, 2.75) is 23.3 Å². The van der Waals surface area contributed by atoms with Crippen molar-refractivity contribution in [3.05, 3.63) is 0 Å². The maximum atomic E-state index is 8.51. The Morgan fingerprint density at radius 3 is 1.40 bits per heavy atom. The van der Waals surface area contributed by atoms with Crippen LogP contribution < -0.4 is 0 Å². The normalized spacial score (nSPS) is 16.8. The van der Waals surface area contributed by atoms with Crippen molar-refractivity contribution in [2.24, 2.45) is 0 Å². The molecule has 2 atom stereocenters. The molecule has 2 nitrogen and oxygen atoms in total. The average Bonchev–Trinajstić information content (AvgIpc) is 1.89. The second kappa shape index (κ2) is 6.34. The van der Waals surface area contributed by atoms with E-state index in [1.54, 1.807) is 0 Å². The van der Waals surface area contributed by atoms with Crippen LogP contribution in [0.15, 0.2) is 0 Å². The van der Waals surface area contributed by atoms with Gasteiger partial charge >= 0.3 is 0 Å².